The van der Waals surface area contributed by atoms with Gasteiger partial charge in [0.05, 0.1) is 0 Å². The molecule has 0 spiro atoms. The van der Waals surface area contributed by atoms with Crippen molar-refractivity contribution in [1.29, 1.82) is 0 Å². The molecule has 0 unspecified atom stereocenters. The molecule has 0 N–H and O–H groups in total. The maximum absolute atomic E-state index is 6.49. The SMILES string of the molecule is c1ccc(-c2ccc(N(c3ccc4c(c3)oc3cc5ccccc5cc34)c3ccc4c(c3)sc3ccccc34)cc2)cc1. The summed E-state index contributed by atoms with van der Waals surface area (Å²) in [7, 11) is 0. The van der Waals surface area contributed by atoms with Gasteiger partial charge in [-0.15, -0.1) is 11.3 Å². The Morgan fingerprint density at radius 2 is 1.00 bits per heavy atom. The number of hydrogen-bond donors (Lipinski definition) is 0. The molecular weight excluding hydrogens is 543 g/mol. The predicted octanol–water partition coefficient (Wildman–Crippen LogP) is 12.2. The largest absolute Gasteiger partial charge is 0.456 e. The number of furan rings is 1. The first kappa shape index (κ1) is 24.2. The van der Waals surface area contributed by atoms with E-state index in [4.69, 9.17) is 4.42 Å². The molecule has 3 heteroatoms. The molecule has 9 rings (SSSR count). The third-order valence-electron chi connectivity index (χ3n) is 8.43. The average molecular weight is 568 g/mol. The first-order valence-corrected chi connectivity index (χ1v) is 15.3. The van der Waals surface area contributed by atoms with Gasteiger partial charge in [-0.3, -0.25) is 0 Å². The van der Waals surface area contributed by atoms with Gasteiger partial charge in [-0.05, 0) is 76.5 Å². The van der Waals surface area contributed by atoms with Gasteiger partial charge < -0.3 is 9.32 Å². The van der Waals surface area contributed by atoms with Gasteiger partial charge in [-0.1, -0.05) is 91.0 Å². The fourth-order valence-corrected chi connectivity index (χ4v) is 7.46. The second-order valence-electron chi connectivity index (χ2n) is 11.0. The van der Waals surface area contributed by atoms with Crippen LogP contribution in [0.25, 0.3) is 64.0 Å². The number of thiophene rings is 1. The van der Waals surface area contributed by atoms with Crippen molar-refractivity contribution in [3.05, 3.63) is 152 Å². The van der Waals surface area contributed by atoms with Crippen LogP contribution in [0.5, 0.6) is 0 Å². The van der Waals surface area contributed by atoms with E-state index in [9.17, 15) is 0 Å². The van der Waals surface area contributed by atoms with E-state index in [2.05, 4.69) is 157 Å². The summed E-state index contributed by atoms with van der Waals surface area (Å²) >= 11 is 1.84. The van der Waals surface area contributed by atoms with E-state index in [-0.39, 0.29) is 0 Å². The standard InChI is InChI=1S/C40H25NOS/c1-2-8-26(9-3-1)27-14-16-30(17-15-27)41(32-19-21-35-34-12-6-7-13-39(34)43-40(35)25-32)31-18-20-33-36-22-28-10-4-5-11-29(28)23-37(36)42-38(33)24-31/h1-25H. The van der Waals surface area contributed by atoms with Crippen LogP contribution >= 0.6 is 11.3 Å². The Kier molecular flexibility index (Phi) is 5.40. The molecule has 0 saturated carbocycles. The highest BCUT2D eigenvalue weighted by Crippen LogP contribution is 2.42. The molecule has 0 bridgehead atoms. The molecule has 0 fully saturated rings. The van der Waals surface area contributed by atoms with E-state index in [1.54, 1.807) is 0 Å². The highest BCUT2D eigenvalue weighted by molar-refractivity contribution is 7.25. The number of hydrogen-bond acceptors (Lipinski definition) is 3. The molecule has 0 aliphatic carbocycles. The van der Waals surface area contributed by atoms with Crippen LogP contribution < -0.4 is 4.90 Å². The van der Waals surface area contributed by atoms with Crippen LogP contribution in [0.3, 0.4) is 0 Å². The summed E-state index contributed by atoms with van der Waals surface area (Å²) in [6.07, 6.45) is 0. The summed E-state index contributed by atoms with van der Waals surface area (Å²) in [6, 6.07) is 54.3. The average Bonchev–Trinajstić information content (AvgIpc) is 3.61. The molecule has 0 atom stereocenters. The van der Waals surface area contributed by atoms with Gasteiger partial charge in [-0.2, -0.15) is 0 Å². The summed E-state index contributed by atoms with van der Waals surface area (Å²) in [5.74, 6) is 0. The van der Waals surface area contributed by atoms with Gasteiger partial charge in [-0.25, -0.2) is 0 Å². The Balaban J connectivity index is 1.22. The Labute approximate surface area is 252 Å². The summed E-state index contributed by atoms with van der Waals surface area (Å²) in [4.78, 5) is 2.34. The fourth-order valence-electron chi connectivity index (χ4n) is 6.32. The maximum atomic E-state index is 6.49. The monoisotopic (exact) mass is 567 g/mol. The van der Waals surface area contributed by atoms with Crippen LogP contribution in [-0.2, 0) is 0 Å². The molecule has 9 aromatic rings. The quantitative estimate of drug-likeness (QED) is 0.210. The summed E-state index contributed by atoms with van der Waals surface area (Å²) in [6.45, 7) is 0. The second kappa shape index (κ2) is 9.59. The van der Waals surface area contributed by atoms with Gasteiger partial charge in [0.25, 0.3) is 0 Å². The zero-order valence-electron chi connectivity index (χ0n) is 23.2. The van der Waals surface area contributed by atoms with Crippen LogP contribution in [0.15, 0.2) is 156 Å². The first-order chi connectivity index (χ1) is 21.3. The van der Waals surface area contributed by atoms with Crippen LogP contribution in [0.1, 0.15) is 0 Å². The number of rotatable bonds is 4. The van der Waals surface area contributed by atoms with Crippen molar-refractivity contribution >= 4 is 81.3 Å². The number of anilines is 3. The highest BCUT2D eigenvalue weighted by atomic mass is 32.1. The lowest BCUT2D eigenvalue weighted by molar-refractivity contribution is 0.669. The Bertz CT molecular complexity index is 2450. The minimum atomic E-state index is 0.886. The molecule has 0 amide bonds. The van der Waals surface area contributed by atoms with Gasteiger partial charge in [0.15, 0.2) is 0 Å². The van der Waals surface area contributed by atoms with E-state index >= 15 is 0 Å². The van der Waals surface area contributed by atoms with Crippen molar-refractivity contribution in [2.45, 2.75) is 0 Å². The van der Waals surface area contributed by atoms with Gasteiger partial charge in [0, 0.05) is 54.1 Å². The molecule has 0 saturated heterocycles. The normalized spacial score (nSPS) is 11.7. The van der Waals surface area contributed by atoms with Crippen molar-refractivity contribution < 1.29 is 4.42 Å². The molecule has 202 valence electrons. The van der Waals surface area contributed by atoms with Crippen molar-refractivity contribution in [2.75, 3.05) is 4.90 Å². The van der Waals surface area contributed by atoms with Crippen molar-refractivity contribution in [3.63, 3.8) is 0 Å². The molecule has 43 heavy (non-hydrogen) atoms. The molecule has 0 aliphatic heterocycles. The molecule has 2 heterocycles. The number of fused-ring (bicyclic) bond motifs is 7. The van der Waals surface area contributed by atoms with Gasteiger partial charge in [0.2, 0.25) is 0 Å². The van der Waals surface area contributed by atoms with E-state index in [0.29, 0.717) is 0 Å². The Morgan fingerprint density at radius 3 is 1.84 bits per heavy atom. The summed E-state index contributed by atoms with van der Waals surface area (Å²) < 4.78 is 9.07. The lowest BCUT2D eigenvalue weighted by atomic mass is 10.0. The van der Waals surface area contributed by atoms with E-state index in [1.807, 2.05) is 11.3 Å². The minimum Gasteiger partial charge on any atom is -0.456 e. The fraction of sp³-hybridized carbons (Fsp3) is 0. The van der Waals surface area contributed by atoms with Crippen molar-refractivity contribution in [2.24, 2.45) is 0 Å². The Hall–Kier alpha value is -5.38. The number of benzene rings is 7. The smallest absolute Gasteiger partial charge is 0.137 e. The molecule has 2 nitrogen and oxygen atoms in total. The zero-order chi connectivity index (χ0) is 28.3. The van der Waals surface area contributed by atoms with Crippen molar-refractivity contribution in [3.8, 4) is 11.1 Å². The van der Waals surface area contributed by atoms with E-state index < -0.39 is 0 Å². The first-order valence-electron chi connectivity index (χ1n) is 14.5. The third-order valence-corrected chi connectivity index (χ3v) is 9.57. The Morgan fingerprint density at radius 1 is 0.395 bits per heavy atom. The van der Waals surface area contributed by atoms with Crippen molar-refractivity contribution in [1.82, 2.24) is 0 Å². The van der Waals surface area contributed by atoms with E-state index in [0.717, 1.165) is 39.0 Å². The van der Waals surface area contributed by atoms with Crippen LogP contribution in [0.2, 0.25) is 0 Å². The topological polar surface area (TPSA) is 16.4 Å². The van der Waals surface area contributed by atoms with E-state index in [1.165, 1.54) is 42.1 Å². The van der Waals surface area contributed by atoms with Gasteiger partial charge >= 0.3 is 0 Å². The van der Waals surface area contributed by atoms with Crippen LogP contribution in [0, 0.1) is 0 Å². The van der Waals surface area contributed by atoms with Crippen LogP contribution in [0.4, 0.5) is 17.1 Å². The maximum Gasteiger partial charge on any atom is 0.137 e. The summed E-state index contributed by atoms with van der Waals surface area (Å²) in [5.41, 5.74) is 7.48. The molecule has 0 aliphatic rings. The predicted molar refractivity (Wildman–Crippen MR) is 184 cm³/mol. The van der Waals surface area contributed by atoms with Gasteiger partial charge in [0.1, 0.15) is 11.2 Å². The molecule has 2 aromatic heterocycles. The van der Waals surface area contributed by atoms with Crippen LogP contribution in [-0.4, -0.2) is 0 Å². The zero-order valence-corrected chi connectivity index (χ0v) is 24.0. The molecule has 0 radical (unpaired) electrons. The number of nitrogens with zero attached hydrogens (tertiary/aromatic N) is 1. The third kappa shape index (κ3) is 4.01. The highest BCUT2D eigenvalue weighted by Gasteiger charge is 2.17. The molecular formula is C40H25NOS. The molecule has 7 aromatic carbocycles. The second-order valence-corrected chi connectivity index (χ2v) is 12.1. The minimum absolute atomic E-state index is 0.886. The lowest BCUT2D eigenvalue weighted by Crippen LogP contribution is -2.09. The lowest BCUT2D eigenvalue weighted by Gasteiger charge is -2.26. The summed E-state index contributed by atoms with van der Waals surface area (Å²) in [5, 5.41) is 7.28.